The Bertz CT molecular complexity index is 445. The predicted molar refractivity (Wildman–Crippen MR) is 73.7 cm³/mol. The fourth-order valence-electron chi connectivity index (χ4n) is 2.94. The third kappa shape index (κ3) is 2.79. The van der Waals surface area contributed by atoms with Crippen LogP contribution in [0.1, 0.15) is 49.4 Å². The molecule has 2 N–H and O–H groups in total. The number of hydrogen-bond acceptors (Lipinski definition) is 4. The first-order chi connectivity index (χ1) is 9.31. The van der Waals surface area contributed by atoms with Gasteiger partial charge in [0.05, 0.1) is 0 Å². The average molecular weight is 261 g/mol. The predicted octanol–water partition coefficient (Wildman–Crippen LogP) is 2.03. The zero-order valence-electron chi connectivity index (χ0n) is 11.6. The van der Waals surface area contributed by atoms with Gasteiger partial charge in [0.15, 0.2) is 5.82 Å². The minimum atomic E-state index is 0.113. The lowest BCUT2D eigenvalue weighted by Crippen LogP contribution is -2.24. The van der Waals surface area contributed by atoms with Gasteiger partial charge in [0, 0.05) is 18.5 Å². The van der Waals surface area contributed by atoms with Gasteiger partial charge < -0.3 is 10.5 Å². The lowest BCUT2D eigenvalue weighted by Gasteiger charge is -2.23. The van der Waals surface area contributed by atoms with Crippen molar-refractivity contribution < 1.29 is 4.74 Å². The van der Waals surface area contributed by atoms with Gasteiger partial charge in [0.1, 0.15) is 6.10 Å². The zero-order valence-corrected chi connectivity index (χ0v) is 11.6. The van der Waals surface area contributed by atoms with E-state index < -0.39 is 0 Å². The molecule has 2 aliphatic rings. The van der Waals surface area contributed by atoms with Crippen molar-refractivity contribution in [2.75, 3.05) is 13.2 Å². The van der Waals surface area contributed by atoms with E-state index in [-0.39, 0.29) is 6.10 Å². The van der Waals surface area contributed by atoms with E-state index in [1.54, 1.807) is 0 Å². The van der Waals surface area contributed by atoms with Crippen molar-refractivity contribution in [3.8, 4) is 0 Å². The van der Waals surface area contributed by atoms with E-state index in [2.05, 4.69) is 4.98 Å². The Balaban J connectivity index is 1.80. The second-order valence-corrected chi connectivity index (χ2v) is 5.76. The quantitative estimate of drug-likeness (QED) is 0.881. The molecule has 0 saturated heterocycles. The Morgan fingerprint density at radius 2 is 2.26 bits per heavy atom. The molecule has 0 amide bonds. The van der Waals surface area contributed by atoms with E-state index in [1.165, 1.54) is 24.1 Å². The van der Waals surface area contributed by atoms with Gasteiger partial charge in [-0.3, -0.25) is 0 Å². The van der Waals surface area contributed by atoms with Gasteiger partial charge in [-0.05, 0) is 63.0 Å². The van der Waals surface area contributed by atoms with Crippen molar-refractivity contribution in [1.29, 1.82) is 0 Å². The SMILES string of the molecule is CCOC(c1ncc2c(n1)CCC(CN)C2)C1CC1. The molecule has 1 aromatic heterocycles. The molecule has 0 bridgehead atoms. The van der Waals surface area contributed by atoms with Crippen molar-refractivity contribution in [3.63, 3.8) is 0 Å². The molecule has 1 saturated carbocycles. The molecule has 3 rings (SSSR count). The maximum atomic E-state index is 5.84. The second-order valence-electron chi connectivity index (χ2n) is 5.76. The Labute approximate surface area is 114 Å². The van der Waals surface area contributed by atoms with Crippen LogP contribution in [0.4, 0.5) is 0 Å². The van der Waals surface area contributed by atoms with E-state index >= 15 is 0 Å². The van der Waals surface area contributed by atoms with Gasteiger partial charge in [0.2, 0.25) is 0 Å². The first kappa shape index (κ1) is 13.0. The lowest BCUT2D eigenvalue weighted by molar-refractivity contribution is 0.0397. The topological polar surface area (TPSA) is 61.0 Å². The van der Waals surface area contributed by atoms with E-state index in [0.29, 0.717) is 11.8 Å². The number of nitrogens with two attached hydrogens (primary N) is 1. The fraction of sp³-hybridized carbons (Fsp3) is 0.733. The number of aryl methyl sites for hydroxylation is 1. The van der Waals surface area contributed by atoms with Crippen LogP contribution in [0, 0.1) is 11.8 Å². The molecule has 4 nitrogen and oxygen atoms in total. The number of aromatic nitrogens is 2. The highest BCUT2D eigenvalue weighted by Gasteiger charge is 2.35. The van der Waals surface area contributed by atoms with Crippen LogP contribution in [0.3, 0.4) is 0 Å². The molecule has 19 heavy (non-hydrogen) atoms. The molecule has 4 heteroatoms. The van der Waals surface area contributed by atoms with Crippen LogP contribution in [0.15, 0.2) is 6.20 Å². The first-order valence-electron chi connectivity index (χ1n) is 7.48. The summed E-state index contributed by atoms with van der Waals surface area (Å²) in [5.74, 6) is 2.14. The summed E-state index contributed by atoms with van der Waals surface area (Å²) in [7, 11) is 0. The van der Waals surface area contributed by atoms with Crippen molar-refractivity contribution in [2.24, 2.45) is 17.6 Å². The number of nitrogens with zero attached hydrogens (tertiary/aromatic N) is 2. The summed E-state index contributed by atoms with van der Waals surface area (Å²) in [6, 6.07) is 0. The third-order valence-electron chi connectivity index (χ3n) is 4.26. The second kappa shape index (κ2) is 5.55. The summed E-state index contributed by atoms with van der Waals surface area (Å²) in [6.45, 7) is 3.54. The van der Waals surface area contributed by atoms with Crippen molar-refractivity contribution in [3.05, 3.63) is 23.3 Å². The van der Waals surface area contributed by atoms with Gasteiger partial charge in [0.25, 0.3) is 0 Å². The summed E-state index contributed by atoms with van der Waals surface area (Å²) in [4.78, 5) is 9.35. The average Bonchev–Trinajstić information content (AvgIpc) is 3.28. The molecule has 1 heterocycles. The van der Waals surface area contributed by atoms with Gasteiger partial charge in [-0.15, -0.1) is 0 Å². The van der Waals surface area contributed by atoms with Crippen LogP contribution < -0.4 is 5.73 Å². The maximum absolute atomic E-state index is 5.84. The van der Waals surface area contributed by atoms with Gasteiger partial charge in [-0.25, -0.2) is 9.97 Å². The Morgan fingerprint density at radius 1 is 1.42 bits per heavy atom. The number of ether oxygens (including phenoxy) is 1. The van der Waals surface area contributed by atoms with Gasteiger partial charge >= 0.3 is 0 Å². The number of rotatable bonds is 5. The smallest absolute Gasteiger partial charge is 0.157 e. The lowest BCUT2D eigenvalue weighted by atomic mass is 9.87. The van der Waals surface area contributed by atoms with Crippen LogP contribution in [0.25, 0.3) is 0 Å². The van der Waals surface area contributed by atoms with Crippen LogP contribution in [-0.4, -0.2) is 23.1 Å². The minimum Gasteiger partial charge on any atom is -0.370 e. The van der Waals surface area contributed by atoms with E-state index in [0.717, 1.165) is 38.2 Å². The monoisotopic (exact) mass is 261 g/mol. The van der Waals surface area contributed by atoms with Crippen LogP contribution in [0.2, 0.25) is 0 Å². The Kier molecular flexibility index (Phi) is 3.80. The number of fused-ring (bicyclic) bond motifs is 1. The molecule has 2 unspecified atom stereocenters. The molecular formula is C15H23N3O. The minimum absolute atomic E-state index is 0.113. The molecule has 0 aromatic carbocycles. The van der Waals surface area contributed by atoms with Crippen LogP contribution in [-0.2, 0) is 17.6 Å². The van der Waals surface area contributed by atoms with E-state index in [1.807, 2.05) is 13.1 Å². The maximum Gasteiger partial charge on any atom is 0.157 e. The van der Waals surface area contributed by atoms with Crippen molar-refractivity contribution in [2.45, 2.75) is 45.1 Å². The third-order valence-corrected chi connectivity index (χ3v) is 4.26. The molecule has 104 valence electrons. The molecule has 1 fully saturated rings. The first-order valence-corrected chi connectivity index (χ1v) is 7.48. The highest BCUT2D eigenvalue weighted by Crippen LogP contribution is 2.42. The molecule has 2 atom stereocenters. The van der Waals surface area contributed by atoms with Crippen LogP contribution in [0.5, 0.6) is 0 Å². The summed E-state index contributed by atoms with van der Waals surface area (Å²) in [5, 5.41) is 0. The van der Waals surface area contributed by atoms with E-state index in [9.17, 15) is 0 Å². The molecule has 0 radical (unpaired) electrons. The molecule has 0 spiro atoms. The van der Waals surface area contributed by atoms with Gasteiger partial charge in [-0.2, -0.15) is 0 Å². The van der Waals surface area contributed by atoms with E-state index in [4.69, 9.17) is 15.5 Å². The molecule has 1 aromatic rings. The number of hydrogen-bond donors (Lipinski definition) is 1. The summed E-state index contributed by atoms with van der Waals surface area (Å²) in [6.07, 6.45) is 7.85. The Hall–Kier alpha value is -1.00. The molecule has 0 aliphatic heterocycles. The van der Waals surface area contributed by atoms with Crippen molar-refractivity contribution in [1.82, 2.24) is 9.97 Å². The highest BCUT2D eigenvalue weighted by molar-refractivity contribution is 5.22. The summed E-state index contributed by atoms with van der Waals surface area (Å²) in [5.41, 5.74) is 8.28. The normalized spacial score (nSPS) is 24.0. The summed E-state index contributed by atoms with van der Waals surface area (Å²) < 4.78 is 5.84. The van der Waals surface area contributed by atoms with Crippen LogP contribution >= 0.6 is 0 Å². The fourth-order valence-corrected chi connectivity index (χ4v) is 2.94. The zero-order chi connectivity index (χ0) is 13.2. The Morgan fingerprint density at radius 3 is 2.95 bits per heavy atom. The molecule has 2 aliphatic carbocycles. The highest BCUT2D eigenvalue weighted by atomic mass is 16.5. The standard InChI is InChI=1S/C15H23N3O/c1-2-19-14(11-4-5-11)15-17-9-12-7-10(8-16)3-6-13(12)18-15/h9-11,14H,2-8,16H2,1H3. The largest absolute Gasteiger partial charge is 0.370 e. The van der Waals surface area contributed by atoms with Crippen molar-refractivity contribution >= 4 is 0 Å². The summed E-state index contributed by atoms with van der Waals surface area (Å²) >= 11 is 0. The van der Waals surface area contributed by atoms with Gasteiger partial charge in [-0.1, -0.05) is 0 Å². The molecular weight excluding hydrogens is 238 g/mol.